The van der Waals surface area contributed by atoms with E-state index in [0.29, 0.717) is 12.1 Å². The van der Waals surface area contributed by atoms with Crippen LogP contribution in [0.4, 0.5) is 22.0 Å². The van der Waals surface area contributed by atoms with Crippen LogP contribution in [0.3, 0.4) is 0 Å². The molecule has 10 heteroatoms. The van der Waals surface area contributed by atoms with Crippen molar-refractivity contribution < 1.29 is 22.0 Å². The first-order valence-electron chi connectivity index (χ1n) is 9.60. The summed E-state index contributed by atoms with van der Waals surface area (Å²) in [6, 6.07) is 7.22. The van der Waals surface area contributed by atoms with Crippen LogP contribution in [0.2, 0.25) is 0 Å². The van der Waals surface area contributed by atoms with Gasteiger partial charge in [0.05, 0.1) is 5.69 Å². The van der Waals surface area contributed by atoms with Crippen molar-refractivity contribution in [2.75, 3.05) is 13.1 Å². The van der Waals surface area contributed by atoms with E-state index in [9.17, 15) is 22.0 Å². The van der Waals surface area contributed by atoms with Crippen LogP contribution in [-0.2, 0) is 0 Å². The van der Waals surface area contributed by atoms with E-state index in [-0.39, 0.29) is 30.3 Å². The normalized spacial score (nSPS) is 22.0. The molecule has 0 unspecified atom stereocenters. The molecular weight excluding hydrogens is 405 g/mol. The Balaban J connectivity index is 1.74. The van der Waals surface area contributed by atoms with Gasteiger partial charge in [0.15, 0.2) is 0 Å². The molecule has 1 fully saturated rings. The summed E-state index contributed by atoms with van der Waals surface area (Å²) >= 11 is 0. The maximum absolute atomic E-state index is 14.0. The number of rotatable bonds is 4. The fourth-order valence-corrected chi connectivity index (χ4v) is 4.19. The van der Waals surface area contributed by atoms with Gasteiger partial charge in [0.2, 0.25) is 0 Å². The molecule has 0 radical (unpaired) electrons. The molecular formula is C20H20F5N5. The third-order valence-corrected chi connectivity index (χ3v) is 5.68. The lowest BCUT2D eigenvalue weighted by atomic mass is 9.83. The second-order valence-corrected chi connectivity index (χ2v) is 7.60. The largest absolute Gasteiger partial charge is 0.408 e. The van der Waals surface area contributed by atoms with Crippen LogP contribution in [0.5, 0.6) is 0 Å². The number of hydrogen-bond acceptors (Lipinski definition) is 4. The topological polar surface area (TPSA) is 46.3 Å². The Hall–Kier alpha value is -2.62. The fourth-order valence-electron chi connectivity index (χ4n) is 4.19. The van der Waals surface area contributed by atoms with Crippen molar-refractivity contribution in [1.29, 1.82) is 0 Å². The number of nitrogens with zero attached hydrogens (tertiary/aromatic N) is 5. The summed E-state index contributed by atoms with van der Waals surface area (Å²) in [4.78, 5) is 9.08. The zero-order chi connectivity index (χ0) is 21.5. The van der Waals surface area contributed by atoms with Crippen molar-refractivity contribution in [3.63, 3.8) is 0 Å². The van der Waals surface area contributed by atoms with Gasteiger partial charge in [0.25, 0.3) is 12.2 Å². The van der Waals surface area contributed by atoms with Crippen LogP contribution in [0.15, 0.2) is 42.7 Å². The first-order chi connectivity index (χ1) is 14.3. The molecule has 1 aliphatic heterocycles. The molecule has 0 aliphatic carbocycles. The van der Waals surface area contributed by atoms with Crippen LogP contribution in [-0.4, -0.2) is 43.7 Å². The molecule has 3 atom stereocenters. The summed E-state index contributed by atoms with van der Waals surface area (Å²) in [6.07, 6.45) is -5.59. The van der Waals surface area contributed by atoms with Crippen LogP contribution in [0.25, 0.3) is 5.78 Å². The molecule has 0 spiro atoms. The number of piperidine rings is 1. The van der Waals surface area contributed by atoms with Crippen LogP contribution in [0.1, 0.15) is 48.7 Å². The maximum atomic E-state index is 14.0. The molecule has 0 saturated carbocycles. The third kappa shape index (κ3) is 3.88. The summed E-state index contributed by atoms with van der Waals surface area (Å²) in [6.45, 7) is 2.23. The lowest BCUT2D eigenvalue weighted by Gasteiger charge is -2.42. The number of likely N-dealkylation sites (tertiary alicyclic amines) is 1. The minimum atomic E-state index is -4.47. The van der Waals surface area contributed by atoms with Gasteiger partial charge in [-0.05, 0) is 30.5 Å². The lowest BCUT2D eigenvalue weighted by Crippen LogP contribution is -2.46. The van der Waals surface area contributed by atoms with Crippen LogP contribution in [0, 0.1) is 5.92 Å². The minimum Gasteiger partial charge on any atom is -0.288 e. The van der Waals surface area contributed by atoms with E-state index in [1.165, 1.54) is 33.9 Å². The van der Waals surface area contributed by atoms with Crippen LogP contribution < -0.4 is 0 Å². The summed E-state index contributed by atoms with van der Waals surface area (Å²) in [5, 5.41) is 4.06. The Bertz CT molecular complexity index is 1000. The van der Waals surface area contributed by atoms with Crippen molar-refractivity contribution in [3.8, 4) is 0 Å². The molecule has 4 rings (SSSR count). The van der Waals surface area contributed by atoms with E-state index in [1.54, 1.807) is 18.2 Å². The van der Waals surface area contributed by atoms with E-state index in [2.05, 4.69) is 15.1 Å². The first-order valence-corrected chi connectivity index (χ1v) is 9.60. The standard InChI is InChI=1S/C20H20F5N5/c1-12-7-8-29(17(20(23,24)25)13-5-3-2-4-6-13)10-14(12)16-9-15(18(21)22)28-19-26-11-27-30(16)19/h2-6,9,11-12,14,17-18H,7-8,10H2,1H3/t12-,14-,17-/m1/s1. The highest BCUT2D eigenvalue weighted by molar-refractivity contribution is 5.33. The molecule has 1 saturated heterocycles. The van der Waals surface area contributed by atoms with E-state index in [1.807, 2.05) is 6.92 Å². The minimum absolute atomic E-state index is 0.0163. The van der Waals surface area contributed by atoms with Gasteiger partial charge in [-0.1, -0.05) is 37.3 Å². The third-order valence-electron chi connectivity index (χ3n) is 5.68. The number of alkyl halides is 5. The second-order valence-electron chi connectivity index (χ2n) is 7.60. The quantitative estimate of drug-likeness (QED) is 0.564. The molecule has 0 bridgehead atoms. The maximum Gasteiger partial charge on any atom is 0.408 e. The molecule has 0 N–H and O–H groups in total. The number of fused-ring (bicyclic) bond motifs is 1. The van der Waals surface area contributed by atoms with Crippen LogP contribution >= 0.6 is 0 Å². The zero-order valence-electron chi connectivity index (χ0n) is 16.1. The average Bonchev–Trinajstić information content (AvgIpc) is 3.17. The van der Waals surface area contributed by atoms with Crippen molar-refractivity contribution >= 4 is 5.78 Å². The molecule has 5 nitrogen and oxygen atoms in total. The van der Waals surface area contributed by atoms with Gasteiger partial charge in [0.1, 0.15) is 18.1 Å². The van der Waals surface area contributed by atoms with Crippen molar-refractivity contribution in [3.05, 3.63) is 59.7 Å². The molecule has 1 aliphatic rings. The molecule has 2 aromatic heterocycles. The van der Waals surface area contributed by atoms with Gasteiger partial charge < -0.3 is 0 Å². The first kappa shape index (κ1) is 20.6. The van der Waals surface area contributed by atoms with Crippen molar-refractivity contribution in [1.82, 2.24) is 24.5 Å². The zero-order valence-corrected chi connectivity index (χ0v) is 16.1. The molecule has 30 heavy (non-hydrogen) atoms. The monoisotopic (exact) mass is 425 g/mol. The molecule has 3 aromatic rings. The van der Waals surface area contributed by atoms with E-state index in [0.717, 1.165) is 0 Å². The predicted molar refractivity (Wildman–Crippen MR) is 99.1 cm³/mol. The summed E-state index contributed by atoms with van der Waals surface area (Å²) in [5.41, 5.74) is 0.108. The van der Waals surface area contributed by atoms with Crippen molar-refractivity contribution in [2.45, 2.75) is 37.9 Å². The highest BCUT2D eigenvalue weighted by atomic mass is 19.4. The summed E-state index contributed by atoms with van der Waals surface area (Å²) in [7, 11) is 0. The van der Waals surface area contributed by atoms with E-state index >= 15 is 0 Å². The SMILES string of the molecule is C[C@@H]1CCN([C@H](c2ccccc2)C(F)(F)F)C[C@H]1c1cc(C(F)F)nc2ncnn12. The highest BCUT2D eigenvalue weighted by Gasteiger charge is 2.47. The second kappa shape index (κ2) is 7.90. The van der Waals surface area contributed by atoms with Gasteiger partial charge in [0, 0.05) is 12.5 Å². The number of halogens is 5. The Morgan fingerprint density at radius 3 is 2.53 bits per heavy atom. The molecule has 1 aromatic carbocycles. The Morgan fingerprint density at radius 1 is 1.13 bits per heavy atom. The summed E-state index contributed by atoms with van der Waals surface area (Å²) < 4.78 is 70.1. The van der Waals surface area contributed by atoms with Gasteiger partial charge in [-0.15, -0.1) is 0 Å². The average molecular weight is 425 g/mol. The molecule has 3 heterocycles. The van der Waals surface area contributed by atoms with Crippen molar-refractivity contribution in [2.24, 2.45) is 5.92 Å². The Kier molecular flexibility index (Phi) is 5.44. The molecule has 160 valence electrons. The predicted octanol–water partition coefficient (Wildman–Crippen LogP) is 4.79. The van der Waals surface area contributed by atoms with Gasteiger partial charge >= 0.3 is 6.18 Å². The molecule has 0 amide bonds. The number of aromatic nitrogens is 4. The smallest absolute Gasteiger partial charge is 0.288 e. The summed E-state index contributed by atoms with van der Waals surface area (Å²) in [5.74, 6) is -0.439. The lowest BCUT2D eigenvalue weighted by molar-refractivity contribution is -0.190. The van der Waals surface area contributed by atoms with E-state index in [4.69, 9.17) is 0 Å². The Morgan fingerprint density at radius 2 is 1.87 bits per heavy atom. The van der Waals surface area contributed by atoms with Gasteiger partial charge in [-0.25, -0.2) is 18.3 Å². The van der Waals surface area contributed by atoms with Gasteiger partial charge in [-0.2, -0.15) is 23.3 Å². The number of hydrogen-bond donors (Lipinski definition) is 0. The fraction of sp³-hybridized carbons (Fsp3) is 0.450. The highest BCUT2D eigenvalue weighted by Crippen LogP contribution is 2.42. The van der Waals surface area contributed by atoms with E-state index < -0.39 is 30.3 Å². The number of benzene rings is 1. The Labute approximate surface area is 169 Å². The van der Waals surface area contributed by atoms with Gasteiger partial charge in [-0.3, -0.25) is 4.90 Å².